The van der Waals surface area contributed by atoms with Crippen molar-refractivity contribution < 1.29 is 0 Å². The molecule has 0 bridgehead atoms. The number of fused-ring (bicyclic) bond motifs is 1. The Balaban J connectivity index is 2.67. The van der Waals surface area contributed by atoms with E-state index in [0.717, 1.165) is 15.8 Å². The van der Waals surface area contributed by atoms with Crippen LogP contribution in [0.4, 0.5) is 5.69 Å². The van der Waals surface area contributed by atoms with Crippen LogP contribution in [0.2, 0.25) is 0 Å². The summed E-state index contributed by atoms with van der Waals surface area (Å²) >= 11 is 3.41. The standard InChI is InChI=1S/C10H12BrN3/c1-13(2)7-4-5-9-8(6-7)12-10(11)14(9)3/h4-6H,1-3H3. The number of aryl methyl sites for hydroxylation is 1. The second-order valence-corrected chi connectivity index (χ2v) is 4.22. The van der Waals surface area contributed by atoms with Gasteiger partial charge in [0.05, 0.1) is 11.0 Å². The quantitative estimate of drug-likeness (QED) is 0.779. The molecule has 2 aromatic rings. The Morgan fingerprint density at radius 3 is 2.71 bits per heavy atom. The number of nitrogens with zero attached hydrogens (tertiary/aromatic N) is 3. The zero-order valence-electron chi connectivity index (χ0n) is 8.45. The van der Waals surface area contributed by atoms with Gasteiger partial charge in [0.2, 0.25) is 0 Å². The van der Waals surface area contributed by atoms with Crippen molar-refractivity contribution >= 4 is 32.7 Å². The third kappa shape index (κ3) is 1.39. The first-order valence-electron chi connectivity index (χ1n) is 4.39. The topological polar surface area (TPSA) is 21.1 Å². The molecule has 0 fully saturated rings. The summed E-state index contributed by atoms with van der Waals surface area (Å²) < 4.78 is 2.89. The third-order valence-electron chi connectivity index (χ3n) is 2.33. The van der Waals surface area contributed by atoms with Crippen molar-refractivity contribution in [3.63, 3.8) is 0 Å². The molecule has 1 aromatic heterocycles. The largest absolute Gasteiger partial charge is 0.378 e. The SMILES string of the molecule is CN(C)c1ccc2c(c1)nc(Br)n2C. The summed E-state index contributed by atoms with van der Waals surface area (Å²) in [5.74, 6) is 0. The van der Waals surface area contributed by atoms with E-state index >= 15 is 0 Å². The average molecular weight is 254 g/mol. The van der Waals surface area contributed by atoms with Crippen molar-refractivity contribution in [2.24, 2.45) is 7.05 Å². The second-order valence-electron chi connectivity index (χ2n) is 3.51. The maximum Gasteiger partial charge on any atom is 0.177 e. The molecule has 0 amide bonds. The van der Waals surface area contributed by atoms with Crippen LogP contribution in [0.3, 0.4) is 0 Å². The van der Waals surface area contributed by atoms with E-state index in [1.165, 1.54) is 5.69 Å². The molecule has 0 radical (unpaired) electrons. The van der Waals surface area contributed by atoms with Gasteiger partial charge in [-0.1, -0.05) is 0 Å². The molecule has 0 aliphatic rings. The Bertz CT molecular complexity index is 473. The normalized spacial score (nSPS) is 10.9. The van der Waals surface area contributed by atoms with Crippen LogP contribution in [0, 0.1) is 0 Å². The molecule has 0 saturated heterocycles. The minimum absolute atomic E-state index is 0.864. The van der Waals surface area contributed by atoms with Crippen LogP contribution >= 0.6 is 15.9 Å². The lowest BCUT2D eigenvalue weighted by atomic mass is 10.2. The van der Waals surface area contributed by atoms with Crippen LogP contribution in [-0.4, -0.2) is 23.6 Å². The maximum absolute atomic E-state index is 4.41. The Morgan fingerprint density at radius 1 is 1.36 bits per heavy atom. The molecule has 0 spiro atoms. The number of benzene rings is 1. The fourth-order valence-corrected chi connectivity index (χ4v) is 1.82. The molecular weight excluding hydrogens is 242 g/mol. The second kappa shape index (κ2) is 3.28. The smallest absolute Gasteiger partial charge is 0.177 e. The summed E-state index contributed by atoms with van der Waals surface area (Å²) in [6.45, 7) is 0. The maximum atomic E-state index is 4.41. The van der Waals surface area contributed by atoms with Gasteiger partial charge in [0.1, 0.15) is 0 Å². The van der Waals surface area contributed by atoms with Gasteiger partial charge in [-0.3, -0.25) is 0 Å². The van der Waals surface area contributed by atoms with Gasteiger partial charge in [-0.25, -0.2) is 4.98 Å². The summed E-state index contributed by atoms with van der Waals surface area (Å²) in [7, 11) is 6.05. The number of imidazole rings is 1. The van der Waals surface area contributed by atoms with E-state index in [2.05, 4.69) is 44.0 Å². The molecule has 0 unspecified atom stereocenters. The first-order chi connectivity index (χ1) is 6.59. The van der Waals surface area contributed by atoms with Gasteiger partial charge in [0.25, 0.3) is 0 Å². The van der Waals surface area contributed by atoms with Gasteiger partial charge in [-0.2, -0.15) is 0 Å². The molecule has 0 N–H and O–H groups in total. The summed E-state index contributed by atoms with van der Waals surface area (Å²) in [5, 5.41) is 0. The Morgan fingerprint density at radius 2 is 2.07 bits per heavy atom. The predicted molar refractivity (Wildman–Crippen MR) is 62.7 cm³/mol. The molecule has 14 heavy (non-hydrogen) atoms. The summed E-state index contributed by atoms with van der Waals surface area (Å²) in [6.07, 6.45) is 0. The lowest BCUT2D eigenvalue weighted by molar-refractivity contribution is 0.912. The Kier molecular flexibility index (Phi) is 2.23. The summed E-state index contributed by atoms with van der Waals surface area (Å²) in [4.78, 5) is 6.48. The van der Waals surface area contributed by atoms with Crippen LogP contribution < -0.4 is 4.90 Å². The summed E-state index contributed by atoms with van der Waals surface area (Å²) in [5.41, 5.74) is 3.33. The number of aromatic nitrogens is 2. The van der Waals surface area contributed by atoms with Crippen molar-refractivity contribution in [2.45, 2.75) is 0 Å². The lowest BCUT2D eigenvalue weighted by Gasteiger charge is -2.11. The van der Waals surface area contributed by atoms with Crippen LogP contribution in [0.5, 0.6) is 0 Å². The van der Waals surface area contributed by atoms with E-state index in [1.807, 2.05) is 25.7 Å². The number of hydrogen-bond donors (Lipinski definition) is 0. The average Bonchev–Trinajstić information content (AvgIpc) is 2.42. The fourth-order valence-electron chi connectivity index (χ4n) is 1.44. The molecule has 3 nitrogen and oxygen atoms in total. The van der Waals surface area contributed by atoms with Gasteiger partial charge in [0, 0.05) is 26.8 Å². The molecule has 2 rings (SSSR count). The van der Waals surface area contributed by atoms with Crippen molar-refractivity contribution in [3.05, 3.63) is 22.9 Å². The third-order valence-corrected chi connectivity index (χ3v) is 3.04. The monoisotopic (exact) mass is 253 g/mol. The van der Waals surface area contributed by atoms with Gasteiger partial charge >= 0.3 is 0 Å². The van der Waals surface area contributed by atoms with E-state index < -0.39 is 0 Å². The van der Waals surface area contributed by atoms with Crippen LogP contribution in [-0.2, 0) is 7.05 Å². The molecule has 1 aromatic carbocycles. The van der Waals surface area contributed by atoms with Crippen molar-refractivity contribution in [2.75, 3.05) is 19.0 Å². The van der Waals surface area contributed by atoms with E-state index in [-0.39, 0.29) is 0 Å². The van der Waals surface area contributed by atoms with Gasteiger partial charge < -0.3 is 9.47 Å². The molecule has 0 atom stereocenters. The number of halogens is 1. The van der Waals surface area contributed by atoms with Crippen LogP contribution in [0.15, 0.2) is 22.9 Å². The summed E-state index contributed by atoms with van der Waals surface area (Å²) in [6, 6.07) is 6.26. The molecule has 4 heteroatoms. The van der Waals surface area contributed by atoms with Crippen molar-refractivity contribution in [3.8, 4) is 0 Å². The van der Waals surface area contributed by atoms with Gasteiger partial charge in [-0.15, -0.1) is 0 Å². The minimum Gasteiger partial charge on any atom is -0.378 e. The zero-order chi connectivity index (χ0) is 10.3. The Hall–Kier alpha value is -1.03. The minimum atomic E-state index is 0.864. The fraction of sp³-hybridized carbons (Fsp3) is 0.300. The zero-order valence-corrected chi connectivity index (χ0v) is 10.0. The Labute approximate surface area is 91.5 Å². The van der Waals surface area contributed by atoms with E-state index in [1.54, 1.807) is 0 Å². The highest BCUT2D eigenvalue weighted by molar-refractivity contribution is 9.10. The molecule has 74 valence electrons. The van der Waals surface area contributed by atoms with Gasteiger partial charge in [0.15, 0.2) is 4.73 Å². The first kappa shape index (κ1) is 9.52. The molecule has 1 heterocycles. The first-order valence-corrected chi connectivity index (χ1v) is 5.18. The highest BCUT2D eigenvalue weighted by Gasteiger charge is 2.05. The van der Waals surface area contributed by atoms with E-state index in [4.69, 9.17) is 0 Å². The van der Waals surface area contributed by atoms with E-state index in [0.29, 0.717) is 0 Å². The molecule has 0 saturated carbocycles. The van der Waals surface area contributed by atoms with Crippen LogP contribution in [0.1, 0.15) is 0 Å². The molecular formula is C10H12BrN3. The highest BCUT2D eigenvalue weighted by atomic mass is 79.9. The highest BCUT2D eigenvalue weighted by Crippen LogP contribution is 2.22. The van der Waals surface area contributed by atoms with Crippen LogP contribution in [0.25, 0.3) is 11.0 Å². The molecule has 0 aliphatic carbocycles. The number of rotatable bonds is 1. The van der Waals surface area contributed by atoms with Crippen molar-refractivity contribution in [1.82, 2.24) is 9.55 Å². The number of hydrogen-bond acceptors (Lipinski definition) is 2. The number of anilines is 1. The predicted octanol–water partition coefficient (Wildman–Crippen LogP) is 2.40. The lowest BCUT2D eigenvalue weighted by Crippen LogP contribution is -2.08. The van der Waals surface area contributed by atoms with Crippen molar-refractivity contribution in [1.29, 1.82) is 0 Å². The van der Waals surface area contributed by atoms with Gasteiger partial charge in [-0.05, 0) is 34.1 Å². The molecule has 0 aliphatic heterocycles. The van der Waals surface area contributed by atoms with E-state index in [9.17, 15) is 0 Å².